The van der Waals surface area contributed by atoms with Gasteiger partial charge >= 0.3 is 0 Å². The van der Waals surface area contributed by atoms with Crippen LogP contribution in [0.15, 0.2) is 30.3 Å². The molecule has 1 aromatic rings. The molecule has 0 saturated carbocycles. The standard InChI is InChI=1S/C12H19N3O/c1-9(15-12(16)10(2)13)8-14-11-6-4-3-5-7-11/h3-7,9-10,14H,8,13H2,1-2H3,(H,15,16). The Morgan fingerprint density at radius 2 is 1.94 bits per heavy atom. The monoisotopic (exact) mass is 221 g/mol. The van der Waals surface area contributed by atoms with Crippen molar-refractivity contribution in [3.05, 3.63) is 30.3 Å². The molecule has 1 rings (SSSR count). The molecule has 0 aliphatic heterocycles. The van der Waals surface area contributed by atoms with Crippen molar-refractivity contribution >= 4 is 11.6 Å². The van der Waals surface area contributed by atoms with Crippen LogP contribution in [0.1, 0.15) is 13.8 Å². The number of hydrogen-bond donors (Lipinski definition) is 3. The van der Waals surface area contributed by atoms with Gasteiger partial charge in [0.05, 0.1) is 6.04 Å². The number of hydrogen-bond acceptors (Lipinski definition) is 3. The van der Waals surface area contributed by atoms with E-state index in [0.29, 0.717) is 6.54 Å². The van der Waals surface area contributed by atoms with Crippen LogP contribution in [-0.4, -0.2) is 24.5 Å². The van der Waals surface area contributed by atoms with Gasteiger partial charge in [-0.25, -0.2) is 0 Å². The molecule has 0 radical (unpaired) electrons. The highest BCUT2D eigenvalue weighted by molar-refractivity contribution is 5.81. The van der Waals surface area contributed by atoms with E-state index in [2.05, 4.69) is 10.6 Å². The van der Waals surface area contributed by atoms with Gasteiger partial charge in [0.1, 0.15) is 0 Å². The van der Waals surface area contributed by atoms with Gasteiger partial charge in [0, 0.05) is 18.3 Å². The highest BCUT2D eigenvalue weighted by Gasteiger charge is 2.10. The Balaban J connectivity index is 2.30. The molecule has 0 spiro atoms. The lowest BCUT2D eigenvalue weighted by Crippen LogP contribution is -2.45. The summed E-state index contributed by atoms with van der Waals surface area (Å²) in [5, 5.41) is 6.06. The molecule has 0 aromatic heterocycles. The zero-order valence-corrected chi connectivity index (χ0v) is 9.73. The highest BCUT2D eigenvalue weighted by atomic mass is 16.2. The number of amides is 1. The summed E-state index contributed by atoms with van der Waals surface area (Å²) in [4.78, 5) is 11.3. The van der Waals surface area contributed by atoms with Crippen LogP contribution in [0, 0.1) is 0 Å². The fraction of sp³-hybridized carbons (Fsp3) is 0.417. The van der Waals surface area contributed by atoms with E-state index in [9.17, 15) is 4.79 Å². The van der Waals surface area contributed by atoms with Gasteiger partial charge < -0.3 is 16.4 Å². The second kappa shape index (κ2) is 6.12. The second-order valence-electron chi connectivity index (χ2n) is 3.95. The van der Waals surface area contributed by atoms with Crippen molar-refractivity contribution < 1.29 is 4.79 Å². The largest absolute Gasteiger partial charge is 0.383 e. The molecule has 4 N–H and O–H groups in total. The van der Waals surface area contributed by atoms with Gasteiger partial charge in [-0.1, -0.05) is 18.2 Å². The van der Waals surface area contributed by atoms with E-state index in [1.165, 1.54) is 0 Å². The summed E-state index contributed by atoms with van der Waals surface area (Å²) in [6.45, 7) is 4.30. The van der Waals surface area contributed by atoms with Crippen LogP contribution < -0.4 is 16.4 Å². The van der Waals surface area contributed by atoms with Crippen molar-refractivity contribution in [2.24, 2.45) is 5.73 Å². The third-order valence-electron chi connectivity index (χ3n) is 2.19. The summed E-state index contributed by atoms with van der Waals surface area (Å²) < 4.78 is 0. The molecule has 0 aliphatic carbocycles. The average molecular weight is 221 g/mol. The summed E-state index contributed by atoms with van der Waals surface area (Å²) in [5.74, 6) is -0.123. The summed E-state index contributed by atoms with van der Waals surface area (Å²) in [5.41, 5.74) is 6.50. The number of para-hydroxylation sites is 1. The van der Waals surface area contributed by atoms with Crippen LogP contribution >= 0.6 is 0 Å². The maximum atomic E-state index is 11.3. The molecule has 2 atom stereocenters. The van der Waals surface area contributed by atoms with Gasteiger partial charge in [0.2, 0.25) is 5.91 Å². The van der Waals surface area contributed by atoms with Gasteiger partial charge in [0.15, 0.2) is 0 Å². The molecule has 0 aliphatic rings. The second-order valence-corrected chi connectivity index (χ2v) is 3.95. The van der Waals surface area contributed by atoms with Crippen molar-refractivity contribution in [1.82, 2.24) is 5.32 Å². The first-order chi connectivity index (χ1) is 7.59. The maximum Gasteiger partial charge on any atom is 0.236 e. The lowest BCUT2D eigenvalue weighted by Gasteiger charge is -2.16. The predicted molar refractivity (Wildman–Crippen MR) is 66.2 cm³/mol. The first-order valence-corrected chi connectivity index (χ1v) is 5.44. The lowest BCUT2D eigenvalue weighted by molar-refractivity contribution is -0.122. The smallest absolute Gasteiger partial charge is 0.236 e. The Morgan fingerprint density at radius 3 is 2.50 bits per heavy atom. The molecule has 0 saturated heterocycles. The predicted octanol–water partition coefficient (Wildman–Crippen LogP) is 0.950. The minimum absolute atomic E-state index is 0.0544. The van der Waals surface area contributed by atoms with E-state index in [0.717, 1.165) is 5.69 Å². The molecule has 4 nitrogen and oxygen atoms in total. The number of rotatable bonds is 5. The van der Waals surface area contributed by atoms with E-state index < -0.39 is 6.04 Å². The average Bonchev–Trinajstić information content (AvgIpc) is 2.27. The zero-order chi connectivity index (χ0) is 12.0. The maximum absolute atomic E-state index is 11.3. The minimum Gasteiger partial charge on any atom is -0.383 e. The fourth-order valence-electron chi connectivity index (χ4n) is 1.25. The van der Waals surface area contributed by atoms with Crippen molar-refractivity contribution in [2.45, 2.75) is 25.9 Å². The summed E-state index contributed by atoms with van der Waals surface area (Å²) in [6, 6.07) is 9.46. The van der Waals surface area contributed by atoms with Crippen LogP contribution in [0.25, 0.3) is 0 Å². The molecule has 1 aromatic carbocycles. The molecular weight excluding hydrogens is 202 g/mol. The van der Waals surface area contributed by atoms with Crippen molar-refractivity contribution in [3.63, 3.8) is 0 Å². The summed E-state index contributed by atoms with van der Waals surface area (Å²) in [6.07, 6.45) is 0. The Labute approximate surface area is 96.2 Å². The van der Waals surface area contributed by atoms with Gasteiger partial charge in [-0.05, 0) is 26.0 Å². The van der Waals surface area contributed by atoms with Gasteiger partial charge in [-0.2, -0.15) is 0 Å². The number of carbonyl (C=O) groups excluding carboxylic acids is 1. The Bertz CT molecular complexity index is 324. The van der Waals surface area contributed by atoms with Gasteiger partial charge in [0.25, 0.3) is 0 Å². The number of nitrogens with one attached hydrogen (secondary N) is 2. The van der Waals surface area contributed by atoms with Crippen molar-refractivity contribution in [3.8, 4) is 0 Å². The quantitative estimate of drug-likeness (QED) is 0.693. The van der Waals surface area contributed by atoms with Gasteiger partial charge in [-0.3, -0.25) is 4.79 Å². The highest BCUT2D eigenvalue weighted by Crippen LogP contribution is 2.04. The fourth-order valence-corrected chi connectivity index (χ4v) is 1.25. The molecule has 0 heterocycles. The van der Waals surface area contributed by atoms with Crippen LogP contribution in [0.4, 0.5) is 5.69 Å². The summed E-state index contributed by atoms with van der Waals surface area (Å²) >= 11 is 0. The molecule has 2 unspecified atom stereocenters. The number of nitrogens with two attached hydrogens (primary N) is 1. The topological polar surface area (TPSA) is 67.1 Å². The van der Waals surface area contributed by atoms with E-state index in [-0.39, 0.29) is 11.9 Å². The van der Waals surface area contributed by atoms with E-state index >= 15 is 0 Å². The summed E-state index contributed by atoms with van der Waals surface area (Å²) in [7, 11) is 0. The number of carbonyl (C=O) groups is 1. The lowest BCUT2D eigenvalue weighted by atomic mass is 10.2. The van der Waals surface area contributed by atoms with Gasteiger partial charge in [-0.15, -0.1) is 0 Å². The van der Waals surface area contributed by atoms with E-state index in [1.807, 2.05) is 37.3 Å². The van der Waals surface area contributed by atoms with Crippen molar-refractivity contribution in [2.75, 3.05) is 11.9 Å². The van der Waals surface area contributed by atoms with E-state index in [1.54, 1.807) is 6.92 Å². The SMILES string of the molecule is CC(CNc1ccccc1)NC(=O)C(C)N. The third kappa shape index (κ3) is 4.31. The molecule has 88 valence electrons. The van der Waals surface area contributed by atoms with Crippen LogP contribution in [0.3, 0.4) is 0 Å². The molecule has 1 amide bonds. The van der Waals surface area contributed by atoms with Crippen molar-refractivity contribution in [1.29, 1.82) is 0 Å². The molecular formula is C12H19N3O. The van der Waals surface area contributed by atoms with E-state index in [4.69, 9.17) is 5.73 Å². The zero-order valence-electron chi connectivity index (χ0n) is 9.73. The number of benzene rings is 1. The van der Waals surface area contributed by atoms with Crippen LogP contribution in [-0.2, 0) is 4.79 Å². The van der Waals surface area contributed by atoms with Crippen LogP contribution in [0.2, 0.25) is 0 Å². The number of anilines is 1. The normalized spacial score (nSPS) is 13.9. The van der Waals surface area contributed by atoms with Crippen LogP contribution in [0.5, 0.6) is 0 Å². The molecule has 0 fully saturated rings. The Morgan fingerprint density at radius 1 is 1.31 bits per heavy atom. The molecule has 0 bridgehead atoms. The minimum atomic E-state index is -0.459. The first kappa shape index (κ1) is 12.5. The Kier molecular flexibility index (Phi) is 4.79. The molecule has 16 heavy (non-hydrogen) atoms. The first-order valence-electron chi connectivity index (χ1n) is 5.44. The molecule has 4 heteroatoms. The Hall–Kier alpha value is -1.55. The third-order valence-corrected chi connectivity index (χ3v) is 2.19.